The van der Waals surface area contributed by atoms with E-state index in [2.05, 4.69) is 0 Å². The average molecular weight is 521 g/mol. The fraction of sp³-hybridized carbons (Fsp3) is 0.250. The van der Waals surface area contributed by atoms with Crippen LogP contribution in [0.1, 0.15) is 33.2 Å². The third kappa shape index (κ3) is 3.80. The van der Waals surface area contributed by atoms with Crippen molar-refractivity contribution in [2.45, 2.75) is 28.9 Å². The van der Waals surface area contributed by atoms with Crippen LogP contribution in [0.15, 0.2) is 64.4 Å². The van der Waals surface area contributed by atoms with Crippen molar-refractivity contribution in [1.82, 2.24) is 9.58 Å². The highest BCUT2D eigenvalue weighted by Crippen LogP contribution is 2.44. The highest BCUT2D eigenvalue weighted by Gasteiger charge is 2.49. The number of halogens is 4. The first-order valence-corrected chi connectivity index (χ1v) is 11.8. The van der Waals surface area contributed by atoms with E-state index in [0.717, 1.165) is 16.3 Å². The second-order valence-electron chi connectivity index (χ2n) is 8.37. The summed E-state index contributed by atoms with van der Waals surface area (Å²) in [7, 11) is 0. The number of alkyl halides is 3. The van der Waals surface area contributed by atoms with Crippen molar-refractivity contribution >= 4 is 17.7 Å². The van der Waals surface area contributed by atoms with Gasteiger partial charge in [-0.1, -0.05) is 36.4 Å². The number of fused-ring (bicyclic) bond motifs is 3. The summed E-state index contributed by atoms with van der Waals surface area (Å²) in [4.78, 5) is 26.0. The van der Waals surface area contributed by atoms with E-state index in [1.807, 2.05) is 6.07 Å². The quantitative estimate of drug-likeness (QED) is 0.515. The molecule has 3 aromatic rings. The predicted octanol–water partition coefficient (Wildman–Crippen LogP) is 3.36. The van der Waals surface area contributed by atoms with E-state index in [4.69, 9.17) is 0 Å². The van der Waals surface area contributed by atoms with Gasteiger partial charge in [0.2, 0.25) is 5.43 Å². The number of benzene rings is 2. The van der Waals surface area contributed by atoms with Crippen LogP contribution in [0.3, 0.4) is 0 Å². The van der Waals surface area contributed by atoms with Crippen LogP contribution in [0.5, 0.6) is 5.75 Å². The molecule has 2 aliphatic heterocycles. The number of hydrogen-bond acceptors (Lipinski definition) is 6. The smallest absolute Gasteiger partial charge is 0.411 e. The minimum atomic E-state index is -5.00. The predicted molar refractivity (Wildman–Crippen MR) is 123 cm³/mol. The Balaban J connectivity index is 1.79. The largest absolute Gasteiger partial charge is 0.502 e. The summed E-state index contributed by atoms with van der Waals surface area (Å²) in [6.45, 7) is -2.10. The number of amides is 1. The molecule has 5 rings (SSSR count). The Bertz CT molecular complexity index is 1410. The van der Waals surface area contributed by atoms with Crippen LogP contribution < -0.4 is 10.4 Å². The molecular weight excluding hydrogens is 502 g/mol. The molecule has 0 saturated heterocycles. The molecule has 0 fully saturated rings. The van der Waals surface area contributed by atoms with Crippen molar-refractivity contribution in [3.8, 4) is 5.75 Å². The van der Waals surface area contributed by atoms with Crippen LogP contribution in [0.4, 0.5) is 17.6 Å². The van der Waals surface area contributed by atoms with Crippen molar-refractivity contribution in [3.63, 3.8) is 0 Å². The maximum absolute atomic E-state index is 14.9. The summed E-state index contributed by atoms with van der Waals surface area (Å²) in [6, 6.07) is 9.02. The van der Waals surface area contributed by atoms with E-state index < -0.39 is 60.1 Å². The number of aromatic hydroxyl groups is 1. The SMILES string of the molecule is O=C1c2c(O)c(=O)ccn2N([C@@H]2c3ccccc3CSc3c(F)cccc32)CN1[C@H](CO)C(F)(F)F. The third-order valence-corrected chi connectivity index (χ3v) is 7.50. The number of aliphatic hydroxyl groups excluding tert-OH is 1. The molecule has 2 N–H and O–H groups in total. The molecule has 1 aromatic heterocycles. The van der Waals surface area contributed by atoms with Crippen molar-refractivity contribution in [2.24, 2.45) is 0 Å². The lowest BCUT2D eigenvalue weighted by molar-refractivity contribution is -0.186. The monoisotopic (exact) mass is 521 g/mol. The normalized spacial score (nSPS) is 18.2. The zero-order chi connectivity index (χ0) is 25.8. The highest BCUT2D eigenvalue weighted by atomic mass is 32.2. The first-order valence-electron chi connectivity index (χ1n) is 10.8. The molecule has 0 spiro atoms. The molecule has 7 nitrogen and oxygen atoms in total. The van der Waals surface area contributed by atoms with Crippen LogP contribution in [0.2, 0.25) is 0 Å². The second kappa shape index (κ2) is 8.86. The molecule has 0 radical (unpaired) electrons. The van der Waals surface area contributed by atoms with Gasteiger partial charge in [0.25, 0.3) is 5.91 Å². The Kier molecular flexibility index (Phi) is 5.95. The summed E-state index contributed by atoms with van der Waals surface area (Å²) in [5.74, 6) is -2.41. The van der Waals surface area contributed by atoms with Gasteiger partial charge in [-0.3, -0.25) is 19.3 Å². The zero-order valence-electron chi connectivity index (χ0n) is 18.4. The van der Waals surface area contributed by atoms with Gasteiger partial charge < -0.3 is 15.1 Å². The van der Waals surface area contributed by atoms with Gasteiger partial charge in [-0.15, -0.1) is 11.8 Å². The number of carbonyl (C=O) groups is 1. The van der Waals surface area contributed by atoms with Gasteiger partial charge >= 0.3 is 6.18 Å². The van der Waals surface area contributed by atoms with Gasteiger partial charge in [-0.2, -0.15) is 13.2 Å². The summed E-state index contributed by atoms with van der Waals surface area (Å²) in [6.07, 6.45) is -3.81. The maximum Gasteiger partial charge on any atom is 0.411 e. The minimum absolute atomic E-state index is 0.295. The Labute approximate surface area is 206 Å². The molecule has 36 heavy (non-hydrogen) atoms. The number of nitrogens with zero attached hydrogens (tertiary/aromatic N) is 3. The lowest BCUT2D eigenvalue weighted by Gasteiger charge is -2.46. The Morgan fingerprint density at radius 3 is 2.50 bits per heavy atom. The summed E-state index contributed by atoms with van der Waals surface area (Å²) >= 11 is 1.24. The summed E-state index contributed by atoms with van der Waals surface area (Å²) in [5, 5.41) is 21.4. The molecule has 3 heterocycles. The van der Waals surface area contributed by atoms with Gasteiger partial charge in [0.05, 0.1) is 12.6 Å². The minimum Gasteiger partial charge on any atom is -0.502 e. The molecule has 0 aliphatic carbocycles. The number of carbonyl (C=O) groups excluding carboxylic acids is 1. The molecule has 0 bridgehead atoms. The molecule has 12 heteroatoms. The first-order chi connectivity index (χ1) is 17.1. The highest BCUT2D eigenvalue weighted by molar-refractivity contribution is 7.98. The van der Waals surface area contributed by atoms with Gasteiger partial charge in [-0.05, 0) is 22.8 Å². The van der Waals surface area contributed by atoms with Crippen molar-refractivity contribution in [3.05, 3.63) is 93.2 Å². The molecule has 1 amide bonds. The summed E-state index contributed by atoms with van der Waals surface area (Å²) in [5.41, 5.74) is 0.264. The second-order valence-corrected chi connectivity index (χ2v) is 9.35. The van der Waals surface area contributed by atoms with Crippen LogP contribution in [-0.2, 0) is 5.75 Å². The van der Waals surface area contributed by atoms with E-state index in [1.165, 1.54) is 35.1 Å². The van der Waals surface area contributed by atoms with E-state index >= 15 is 0 Å². The van der Waals surface area contributed by atoms with E-state index in [9.17, 15) is 37.4 Å². The van der Waals surface area contributed by atoms with Gasteiger partial charge in [0, 0.05) is 22.9 Å². The van der Waals surface area contributed by atoms with E-state index in [1.54, 1.807) is 24.3 Å². The Morgan fingerprint density at radius 2 is 1.78 bits per heavy atom. The number of aromatic nitrogens is 1. The maximum atomic E-state index is 14.9. The van der Waals surface area contributed by atoms with Crippen LogP contribution >= 0.6 is 11.8 Å². The van der Waals surface area contributed by atoms with Crippen LogP contribution in [0, 0.1) is 5.82 Å². The molecular formula is C24H19F4N3O4S. The molecule has 188 valence electrons. The van der Waals surface area contributed by atoms with Crippen LogP contribution in [-0.4, -0.2) is 51.2 Å². The van der Waals surface area contributed by atoms with Gasteiger partial charge in [0.1, 0.15) is 12.5 Å². The number of aliphatic hydroxyl groups is 1. The fourth-order valence-electron chi connectivity index (χ4n) is 4.64. The Hall–Kier alpha value is -3.51. The first kappa shape index (κ1) is 24.2. The van der Waals surface area contributed by atoms with Crippen LogP contribution in [0.25, 0.3) is 0 Å². The summed E-state index contributed by atoms with van der Waals surface area (Å²) < 4.78 is 57.6. The number of hydrogen-bond donors (Lipinski definition) is 2. The standard InChI is InChI=1S/C24H19F4N3O4S/c25-16-7-3-6-15-19(14-5-2-1-4-13(14)11-36-22(15)16)31-12-29(18(10-32)24(26,27)28)23(35)20-21(34)17(33)8-9-30(20)31/h1-9,18-19,32,34H,10-12H2/t18-,19-/m1/s1. The molecule has 2 atom stereocenters. The number of thioether (sulfide) groups is 1. The lowest BCUT2D eigenvalue weighted by atomic mass is 9.94. The topological polar surface area (TPSA) is 86.0 Å². The third-order valence-electron chi connectivity index (χ3n) is 6.33. The van der Waals surface area contributed by atoms with E-state index in [-0.39, 0.29) is 0 Å². The van der Waals surface area contributed by atoms with Gasteiger partial charge in [0.15, 0.2) is 17.5 Å². The zero-order valence-corrected chi connectivity index (χ0v) is 19.3. The lowest BCUT2D eigenvalue weighted by Crippen LogP contribution is -2.62. The molecule has 2 aliphatic rings. The molecule has 0 unspecified atom stereocenters. The number of rotatable bonds is 3. The fourth-order valence-corrected chi connectivity index (χ4v) is 5.76. The molecule has 0 saturated carbocycles. The van der Waals surface area contributed by atoms with Crippen molar-refractivity contribution in [1.29, 1.82) is 0 Å². The Morgan fingerprint density at radius 1 is 1.06 bits per heavy atom. The van der Waals surface area contributed by atoms with Gasteiger partial charge in [-0.25, -0.2) is 4.39 Å². The number of pyridine rings is 1. The van der Waals surface area contributed by atoms with E-state index in [0.29, 0.717) is 26.7 Å². The van der Waals surface area contributed by atoms with Crippen molar-refractivity contribution in [2.75, 3.05) is 18.3 Å². The van der Waals surface area contributed by atoms with Crippen molar-refractivity contribution < 1.29 is 32.6 Å². The molecule has 2 aromatic carbocycles. The average Bonchev–Trinajstić information content (AvgIpc) is 3.00.